The van der Waals surface area contributed by atoms with Crippen LogP contribution in [0.15, 0.2) is 65.1 Å². The summed E-state index contributed by atoms with van der Waals surface area (Å²) in [5.74, 6) is 2.19. The predicted octanol–water partition coefficient (Wildman–Crippen LogP) is 5.97. The quantitative estimate of drug-likeness (QED) is 0.360. The summed E-state index contributed by atoms with van der Waals surface area (Å²) in [6.45, 7) is 8.58. The molecule has 0 saturated carbocycles. The van der Waals surface area contributed by atoms with Gasteiger partial charge in [-0.15, -0.1) is 0 Å². The molecule has 30 heavy (non-hydrogen) atoms. The van der Waals surface area contributed by atoms with Crippen molar-refractivity contribution >= 4 is 19.4 Å². The Bertz CT molecular complexity index is 906. The Balaban J connectivity index is 2.04. The van der Waals surface area contributed by atoms with Crippen molar-refractivity contribution in [3.8, 4) is 0 Å². The van der Waals surface area contributed by atoms with Crippen molar-refractivity contribution < 1.29 is 13.9 Å². The zero-order valence-corrected chi connectivity index (χ0v) is 20.4. The van der Waals surface area contributed by atoms with Crippen molar-refractivity contribution in [2.75, 3.05) is 14.2 Å². The molecule has 1 heterocycles. The van der Waals surface area contributed by atoms with Crippen LogP contribution in [0.25, 0.3) is 0 Å². The third kappa shape index (κ3) is 5.07. The maximum atomic E-state index is 6.12. The summed E-state index contributed by atoms with van der Waals surface area (Å²) in [5, 5.41) is 0. The van der Waals surface area contributed by atoms with E-state index in [0.29, 0.717) is 4.82 Å². The molecule has 0 aliphatic rings. The monoisotopic (exact) mass is 472 g/mol. The zero-order valence-electron chi connectivity index (χ0n) is 18.7. The van der Waals surface area contributed by atoms with E-state index >= 15 is 0 Å². The minimum atomic E-state index is 0.0408. The van der Waals surface area contributed by atoms with Crippen molar-refractivity contribution in [2.45, 2.75) is 50.6 Å². The SMILES string of the molecule is CO[C@H](C)c1cccc([C@@H](C)OC)c1[Se][C@H](C)[C@H](c1ccccc1)c1ccc(C)o1. The van der Waals surface area contributed by atoms with Crippen LogP contribution in [0.3, 0.4) is 0 Å². The second kappa shape index (κ2) is 10.5. The summed E-state index contributed by atoms with van der Waals surface area (Å²) in [7, 11) is 3.55. The van der Waals surface area contributed by atoms with Gasteiger partial charge < -0.3 is 0 Å². The summed E-state index contributed by atoms with van der Waals surface area (Å²) in [6, 6.07) is 21.4. The molecule has 3 aromatic rings. The topological polar surface area (TPSA) is 31.6 Å². The van der Waals surface area contributed by atoms with Crippen LogP contribution >= 0.6 is 0 Å². The van der Waals surface area contributed by atoms with Gasteiger partial charge in [-0.3, -0.25) is 0 Å². The number of hydrogen-bond acceptors (Lipinski definition) is 3. The Hall–Kier alpha value is -1.84. The number of hydrogen-bond donors (Lipinski definition) is 0. The fourth-order valence-corrected chi connectivity index (χ4v) is 7.03. The van der Waals surface area contributed by atoms with E-state index in [1.165, 1.54) is 21.2 Å². The number of ether oxygens (including phenoxy) is 2. The summed E-state index contributed by atoms with van der Waals surface area (Å²) in [4.78, 5) is 0.387. The molecule has 0 fully saturated rings. The molecular weight excluding hydrogens is 439 g/mol. The fourth-order valence-electron chi connectivity index (χ4n) is 3.81. The average molecular weight is 471 g/mol. The van der Waals surface area contributed by atoms with Crippen LogP contribution in [0.4, 0.5) is 0 Å². The van der Waals surface area contributed by atoms with Gasteiger partial charge >= 0.3 is 187 Å². The van der Waals surface area contributed by atoms with E-state index in [1.807, 2.05) is 6.92 Å². The Morgan fingerprint density at radius 2 is 1.37 bits per heavy atom. The van der Waals surface area contributed by atoms with E-state index in [2.05, 4.69) is 81.4 Å². The van der Waals surface area contributed by atoms with Crippen LogP contribution in [0.5, 0.6) is 0 Å². The zero-order chi connectivity index (χ0) is 21.7. The first-order valence-electron chi connectivity index (χ1n) is 10.4. The first-order chi connectivity index (χ1) is 14.5. The minimum absolute atomic E-state index is 0.0408. The molecule has 2 aromatic carbocycles. The van der Waals surface area contributed by atoms with Crippen LogP contribution in [0, 0.1) is 6.92 Å². The molecule has 0 aliphatic carbocycles. The predicted molar refractivity (Wildman–Crippen MR) is 124 cm³/mol. The summed E-state index contributed by atoms with van der Waals surface area (Å²) in [5.41, 5.74) is 3.81. The molecule has 0 amide bonds. The fraction of sp³-hybridized carbons (Fsp3) is 0.385. The van der Waals surface area contributed by atoms with Crippen LogP contribution < -0.4 is 4.46 Å². The van der Waals surface area contributed by atoms with Crippen molar-refractivity contribution in [3.05, 3.63) is 88.9 Å². The van der Waals surface area contributed by atoms with Crippen molar-refractivity contribution in [1.82, 2.24) is 0 Å². The maximum absolute atomic E-state index is 6.12. The third-order valence-corrected chi connectivity index (χ3v) is 8.49. The van der Waals surface area contributed by atoms with Crippen molar-refractivity contribution in [2.24, 2.45) is 0 Å². The van der Waals surface area contributed by atoms with E-state index < -0.39 is 0 Å². The van der Waals surface area contributed by atoms with Gasteiger partial charge in [0.1, 0.15) is 0 Å². The van der Waals surface area contributed by atoms with Crippen molar-refractivity contribution in [1.29, 1.82) is 0 Å². The third-order valence-electron chi connectivity index (χ3n) is 5.66. The summed E-state index contributed by atoms with van der Waals surface area (Å²) in [6.07, 6.45) is 0.0817. The average Bonchev–Trinajstić information content (AvgIpc) is 3.19. The number of benzene rings is 2. The summed E-state index contributed by atoms with van der Waals surface area (Å²) < 4.78 is 18.9. The molecule has 3 nitrogen and oxygen atoms in total. The molecule has 1 aromatic heterocycles. The number of aryl methyl sites for hydroxylation is 1. The van der Waals surface area contributed by atoms with Gasteiger partial charge in [0, 0.05) is 0 Å². The first kappa shape index (κ1) is 22.8. The van der Waals surface area contributed by atoms with Crippen LogP contribution in [-0.2, 0) is 9.47 Å². The van der Waals surface area contributed by atoms with Gasteiger partial charge in [-0.2, -0.15) is 0 Å². The number of rotatable bonds is 9. The van der Waals surface area contributed by atoms with Crippen LogP contribution in [-0.4, -0.2) is 29.2 Å². The molecule has 0 spiro atoms. The molecule has 4 atom stereocenters. The standard InChI is InChI=1S/C26H32O3Se/c1-17-15-16-24(29-17)25(21-11-8-7-9-12-21)20(4)30-26-22(18(2)27-5)13-10-14-23(26)19(3)28-6/h7-16,18-20,25H,1-6H3/t18-,19-,20-,25-/m1/s1. The Morgan fingerprint density at radius 1 is 0.767 bits per heavy atom. The van der Waals surface area contributed by atoms with E-state index in [0.717, 1.165) is 11.5 Å². The second-order valence-corrected chi connectivity index (χ2v) is 10.6. The molecule has 160 valence electrons. The molecule has 0 radical (unpaired) electrons. The van der Waals surface area contributed by atoms with Gasteiger partial charge in [-0.1, -0.05) is 0 Å². The molecule has 0 aliphatic heterocycles. The van der Waals surface area contributed by atoms with Gasteiger partial charge in [0.25, 0.3) is 0 Å². The Kier molecular flexibility index (Phi) is 7.96. The molecular formula is C26H32O3Se. The van der Waals surface area contributed by atoms with Crippen LogP contribution in [0.1, 0.15) is 67.1 Å². The molecule has 3 rings (SSSR count). The van der Waals surface area contributed by atoms with Gasteiger partial charge in [0.15, 0.2) is 0 Å². The molecule has 0 N–H and O–H groups in total. The molecule has 4 heteroatoms. The molecule has 0 bridgehead atoms. The van der Waals surface area contributed by atoms with Crippen LogP contribution in [0.2, 0.25) is 4.82 Å². The van der Waals surface area contributed by atoms with Gasteiger partial charge in [0.05, 0.1) is 0 Å². The second-order valence-electron chi connectivity index (χ2n) is 7.68. The Labute approximate surface area is 186 Å². The van der Waals surface area contributed by atoms with E-state index in [9.17, 15) is 0 Å². The Morgan fingerprint density at radius 3 is 1.87 bits per heavy atom. The van der Waals surface area contributed by atoms with E-state index in [1.54, 1.807) is 14.2 Å². The van der Waals surface area contributed by atoms with Gasteiger partial charge in [-0.25, -0.2) is 0 Å². The van der Waals surface area contributed by atoms with Gasteiger partial charge in [-0.05, 0) is 0 Å². The first-order valence-corrected chi connectivity index (χ1v) is 12.3. The molecule has 0 saturated heterocycles. The van der Waals surface area contributed by atoms with Crippen molar-refractivity contribution in [3.63, 3.8) is 0 Å². The summed E-state index contributed by atoms with van der Waals surface area (Å²) >= 11 is 0.187. The number of furan rings is 1. The van der Waals surface area contributed by atoms with E-state index in [-0.39, 0.29) is 33.1 Å². The molecule has 0 unspecified atom stereocenters. The van der Waals surface area contributed by atoms with Gasteiger partial charge in [0.2, 0.25) is 0 Å². The van der Waals surface area contributed by atoms with E-state index in [4.69, 9.17) is 13.9 Å². The normalized spacial score (nSPS) is 15.5. The number of methoxy groups -OCH3 is 2.